The smallest absolute Gasteiger partial charge is 0.191 e. The quantitative estimate of drug-likeness (QED) is 0.486. The van der Waals surface area contributed by atoms with Gasteiger partial charge in [-0.05, 0) is 37.6 Å². The monoisotopic (exact) mass is 373 g/mol. The number of hydrogen-bond donors (Lipinski definition) is 0. The van der Waals surface area contributed by atoms with E-state index in [9.17, 15) is 14.9 Å². The van der Waals surface area contributed by atoms with Gasteiger partial charge in [0.25, 0.3) is 0 Å². The Bertz CT molecular complexity index is 1090. The number of Topliss-reactive ketones (excluding diaryl/α,β-unsaturated/α-hetero) is 2. The lowest BCUT2D eigenvalue weighted by atomic mass is 9.91. The number of nitriles is 1. The second kappa shape index (κ2) is 7.89. The Morgan fingerprint density at radius 3 is 2.36 bits per heavy atom. The fourth-order valence-electron chi connectivity index (χ4n) is 3.09. The van der Waals surface area contributed by atoms with Crippen LogP contribution in [0.5, 0.6) is 5.75 Å². The first-order valence-electron chi connectivity index (χ1n) is 8.71. The maximum atomic E-state index is 13.0. The molecule has 0 bridgehead atoms. The summed E-state index contributed by atoms with van der Waals surface area (Å²) in [5.74, 6) is -2.30. The summed E-state index contributed by atoms with van der Waals surface area (Å²) in [4.78, 5) is 25.9. The van der Waals surface area contributed by atoms with E-state index in [1.807, 2.05) is 37.3 Å². The zero-order valence-electron chi connectivity index (χ0n) is 15.8. The lowest BCUT2D eigenvalue weighted by molar-refractivity contribution is 0.0844. The van der Waals surface area contributed by atoms with E-state index in [0.29, 0.717) is 11.4 Å². The van der Waals surface area contributed by atoms with Gasteiger partial charge < -0.3 is 4.74 Å². The third-order valence-electron chi connectivity index (χ3n) is 4.64. The molecule has 0 aliphatic heterocycles. The molecular formula is C22H19N3O3. The first-order chi connectivity index (χ1) is 13.5. The minimum Gasteiger partial charge on any atom is -0.496 e. The predicted octanol–water partition coefficient (Wildman–Crippen LogP) is 3.70. The molecule has 6 nitrogen and oxygen atoms in total. The minimum absolute atomic E-state index is 0.203. The zero-order valence-corrected chi connectivity index (χ0v) is 15.8. The number of para-hydroxylation sites is 2. The molecule has 140 valence electrons. The maximum Gasteiger partial charge on any atom is 0.191 e. The normalized spacial score (nSPS) is 11.5. The van der Waals surface area contributed by atoms with Gasteiger partial charge in [-0.2, -0.15) is 10.4 Å². The van der Waals surface area contributed by atoms with Crippen LogP contribution in [0.3, 0.4) is 0 Å². The molecule has 0 N–H and O–H groups in total. The van der Waals surface area contributed by atoms with Crippen molar-refractivity contribution in [3.63, 3.8) is 0 Å². The van der Waals surface area contributed by atoms with Crippen molar-refractivity contribution in [1.29, 1.82) is 5.26 Å². The van der Waals surface area contributed by atoms with E-state index in [4.69, 9.17) is 4.74 Å². The van der Waals surface area contributed by atoms with E-state index in [1.54, 1.807) is 35.9 Å². The van der Waals surface area contributed by atoms with Crippen molar-refractivity contribution < 1.29 is 14.3 Å². The molecule has 0 saturated carbocycles. The number of nitrogens with zero attached hydrogens (tertiary/aromatic N) is 3. The predicted molar refractivity (Wildman–Crippen MR) is 104 cm³/mol. The van der Waals surface area contributed by atoms with E-state index in [0.717, 1.165) is 11.3 Å². The van der Waals surface area contributed by atoms with Crippen molar-refractivity contribution in [3.05, 3.63) is 77.1 Å². The average molecular weight is 373 g/mol. The molecule has 1 aromatic heterocycles. The van der Waals surface area contributed by atoms with Crippen LogP contribution in [-0.2, 0) is 0 Å². The van der Waals surface area contributed by atoms with E-state index < -0.39 is 17.5 Å². The third-order valence-corrected chi connectivity index (χ3v) is 4.64. The summed E-state index contributed by atoms with van der Waals surface area (Å²) >= 11 is 0. The van der Waals surface area contributed by atoms with Gasteiger partial charge in [0.05, 0.1) is 41.9 Å². The van der Waals surface area contributed by atoms with Crippen LogP contribution in [-0.4, -0.2) is 28.5 Å². The van der Waals surface area contributed by atoms with Crippen LogP contribution < -0.4 is 4.74 Å². The molecule has 1 atom stereocenters. The Hall–Kier alpha value is -3.72. The fourth-order valence-corrected chi connectivity index (χ4v) is 3.09. The van der Waals surface area contributed by atoms with Crippen LogP contribution in [0.4, 0.5) is 0 Å². The minimum atomic E-state index is -1.47. The standard InChI is InChI=1S/C22H19N3O3/c1-14-8-4-6-10-19(14)25-15(2)18(13-24-25)22(27)17(12-23)21(26)16-9-5-7-11-20(16)28-3/h4-11,13,17H,1-3H3. The summed E-state index contributed by atoms with van der Waals surface area (Å²) in [6.45, 7) is 3.69. The summed E-state index contributed by atoms with van der Waals surface area (Å²) < 4.78 is 6.83. The molecule has 0 aliphatic carbocycles. The van der Waals surface area contributed by atoms with Gasteiger partial charge in [-0.25, -0.2) is 4.68 Å². The fraction of sp³-hybridized carbons (Fsp3) is 0.182. The summed E-state index contributed by atoms with van der Waals surface area (Å²) in [6, 6.07) is 16.0. The first kappa shape index (κ1) is 19.1. The second-order valence-electron chi connectivity index (χ2n) is 6.33. The number of ketones is 2. The number of aryl methyl sites for hydroxylation is 1. The third kappa shape index (κ3) is 3.30. The number of carbonyl (C=O) groups is 2. The van der Waals surface area contributed by atoms with Gasteiger partial charge >= 0.3 is 0 Å². The molecule has 6 heteroatoms. The van der Waals surface area contributed by atoms with Crippen LogP contribution in [0.1, 0.15) is 32.0 Å². The number of ether oxygens (including phenoxy) is 1. The Morgan fingerprint density at radius 2 is 1.68 bits per heavy atom. The van der Waals surface area contributed by atoms with E-state index in [2.05, 4.69) is 5.10 Å². The number of carbonyl (C=O) groups excluding carboxylic acids is 2. The molecule has 0 radical (unpaired) electrons. The van der Waals surface area contributed by atoms with Crippen molar-refractivity contribution in [2.45, 2.75) is 13.8 Å². The number of benzene rings is 2. The molecule has 2 aromatic carbocycles. The Kier molecular flexibility index (Phi) is 5.37. The topological polar surface area (TPSA) is 85.0 Å². The van der Waals surface area contributed by atoms with Crippen molar-refractivity contribution in [1.82, 2.24) is 9.78 Å². The van der Waals surface area contributed by atoms with E-state index >= 15 is 0 Å². The molecule has 3 aromatic rings. The lowest BCUT2D eigenvalue weighted by Gasteiger charge is -2.11. The van der Waals surface area contributed by atoms with Crippen LogP contribution >= 0.6 is 0 Å². The van der Waals surface area contributed by atoms with Crippen molar-refractivity contribution in [3.8, 4) is 17.5 Å². The summed E-state index contributed by atoms with van der Waals surface area (Å²) in [7, 11) is 1.44. The highest BCUT2D eigenvalue weighted by Crippen LogP contribution is 2.25. The summed E-state index contributed by atoms with van der Waals surface area (Å²) in [5.41, 5.74) is 2.86. The van der Waals surface area contributed by atoms with Gasteiger partial charge in [0, 0.05) is 0 Å². The van der Waals surface area contributed by atoms with Gasteiger partial charge in [0.1, 0.15) is 5.75 Å². The highest BCUT2D eigenvalue weighted by molar-refractivity contribution is 6.19. The van der Waals surface area contributed by atoms with E-state index in [1.165, 1.54) is 13.3 Å². The van der Waals surface area contributed by atoms with Gasteiger partial charge in [-0.15, -0.1) is 0 Å². The molecule has 0 spiro atoms. The zero-order chi connectivity index (χ0) is 20.3. The SMILES string of the molecule is COc1ccccc1C(=O)C(C#N)C(=O)c1cnn(-c2ccccc2C)c1C. The molecule has 3 rings (SSSR count). The molecule has 0 amide bonds. The van der Waals surface area contributed by atoms with E-state index in [-0.39, 0.29) is 11.1 Å². The molecule has 28 heavy (non-hydrogen) atoms. The summed E-state index contributed by atoms with van der Waals surface area (Å²) in [6.07, 6.45) is 1.41. The van der Waals surface area contributed by atoms with Crippen LogP contribution in [0.15, 0.2) is 54.7 Å². The Morgan fingerprint density at radius 1 is 1.04 bits per heavy atom. The van der Waals surface area contributed by atoms with Gasteiger partial charge in [0.2, 0.25) is 0 Å². The Balaban J connectivity index is 1.98. The highest BCUT2D eigenvalue weighted by Gasteiger charge is 2.32. The molecule has 0 aliphatic rings. The number of methoxy groups -OCH3 is 1. The molecule has 1 heterocycles. The highest BCUT2D eigenvalue weighted by atomic mass is 16.5. The molecule has 0 saturated heterocycles. The number of aromatic nitrogens is 2. The lowest BCUT2D eigenvalue weighted by Crippen LogP contribution is -2.24. The van der Waals surface area contributed by atoms with Gasteiger partial charge in [-0.3, -0.25) is 9.59 Å². The molecule has 1 unspecified atom stereocenters. The Labute approximate surface area is 163 Å². The van der Waals surface area contributed by atoms with Gasteiger partial charge in [0.15, 0.2) is 17.5 Å². The van der Waals surface area contributed by atoms with Gasteiger partial charge in [-0.1, -0.05) is 30.3 Å². The van der Waals surface area contributed by atoms with Crippen molar-refractivity contribution >= 4 is 11.6 Å². The first-order valence-corrected chi connectivity index (χ1v) is 8.71. The maximum absolute atomic E-state index is 13.0. The van der Waals surface area contributed by atoms with Crippen molar-refractivity contribution in [2.24, 2.45) is 5.92 Å². The molecular weight excluding hydrogens is 354 g/mol. The van der Waals surface area contributed by atoms with Crippen molar-refractivity contribution in [2.75, 3.05) is 7.11 Å². The van der Waals surface area contributed by atoms with Crippen LogP contribution in [0, 0.1) is 31.1 Å². The number of hydrogen-bond acceptors (Lipinski definition) is 5. The molecule has 0 fully saturated rings. The van der Waals surface area contributed by atoms with Crippen LogP contribution in [0.25, 0.3) is 5.69 Å². The van der Waals surface area contributed by atoms with Crippen LogP contribution in [0.2, 0.25) is 0 Å². The second-order valence-corrected chi connectivity index (χ2v) is 6.33. The average Bonchev–Trinajstić information content (AvgIpc) is 3.09. The largest absolute Gasteiger partial charge is 0.496 e. The number of rotatable bonds is 6. The summed E-state index contributed by atoms with van der Waals surface area (Å²) in [5, 5.41) is 13.9.